The van der Waals surface area contributed by atoms with E-state index in [0.717, 1.165) is 12.1 Å². The minimum atomic E-state index is -0.469. The lowest BCUT2D eigenvalue weighted by Crippen LogP contribution is -2.54. The SMILES string of the molecule is Cc1ccc([C@@H]2CN[C@H](C)CN2C(=O)OC(C)(C)C)cc1. The van der Waals surface area contributed by atoms with Crippen LogP contribution < -0.4 is 5.32 Å². The third-order valence-corrected chi connectivity index (χ3v) is 3.60. The lowest BCUT2D eigenvalue weighted by molar-refractivity contribution is 0.00787. The van der Waals surface area contributed by atoms with Crippen molar-refractivity contribution >= 4 is 6.09 Å². The van der Waals surface area contributed by atoms with Gasteiger partial charge in [0.1, 0.15) is 5.60 Å². The monoisotopic (exact) mass is 290 g/mol. The lowest BCUT2D eigenvalue weighted by atomic mass is 10.0. The molecule has 0 aromatic heterocycles. The number of ether oxygens (including phenoxy) is 1. The smallest absolute Gasteiger partial charge is 0.410 e. The van der Waals surface area contributed by atoms with Gasteiger partial charge in [0.15, 0.2) is 0 Å². The molecule has 1 aliphatic heterocycles. The van der Waals surface area contributed by atoms with Crippen LogP contribution in [-0.4, -0.2) is 35.7 Å². The summed E-state index contributed by atoms with van der Waals surface area (Å²) in [5.74, 6) is 0. The zero-order valence-electron chi connectivity index (χ0n) is 13.6. The molecule has 116 valence electrons. The Morgan fingerprint density at radius 1 is 1.29 bits per heavy atom. The van der Waals surface area contributed by atoms with Crippen molar-refractivity contribution in [3.8, 4) is 0 Å². The Kier molecular flexibility index (Phi) is 4.57. The molecule has 1 aromatic carbocycles. The van der Waals surface area contributed by atoms with Gasteiger partial charge < -0.3 is 10.1 Å². The van der Waals surface area contributed by atoms with Crippen LogP contribution in [-0.2, 0) is 4.74 Å². The highest BCUT2D eigenvalue weighted by Gasteiger charge is 2.33. The quantitative estimate of drug-likeness (QED) is 0.863. The van der Waals surface area contributed by atoms with E-state index in [1.807, 2.05) is 25.7 Å². The average molecular weight is 290 g/mol. The van der Waals surface area contributed by atoms with Crippen LogP contribution in [0.4, 0.5) is 4.79 Å². The van der Waals surface area contributed by atoms with E-state index in [1.165, 1.54) is 5.56 Å². The zero-order valence-corrected chi connectivity index (χ0v) is 13.6. The summed E-state index contributed by atoms with van der Waals surface area (Å²) in [7, 11) is 0. The second-order valence-corrected chi connectivity index (χ2v) is 6.87. The van der Waals surface area contributed by atoms with Gasteiger partial charge in [0.2, 0.25) is 0 Å². The standard InChI is InChI=1S/C17H26N2O2/c1-12-6-8-14(9-7-12)15-10-18-13(2)11-19(15)16(20)21-17(3,4)5/h6-9,13,15,18H,10-11H2,1-5H3/t13-,15+/m1/s1. The molecule has 0 spiro atoms. The number of piperazine rings is 1. The number of benzene rings is 1. The van der Waals surface area contributed by atoms with Gasteiger partial charge in [-0.1, -0.05) is 29.8 Å². The number of hydrogen-bond acceptors (Lipinski definition) is 3. The van der Waals surface area contributed by atoms with Gasteiger partial charge in [-0.3, -0.25) is 4.90 Å². The molecule has 1 heterocycles. The summed E-state index contributed by atoms with van der Waals surface area (Å²) < 4.78 is 5.56. The van der Waals surface area contributed by atoms with Crippen LogP contribution in [0.5, 0.6) is 0 Å². The third-order valence-electron chi connectivity index (χ3n) is 3.60. The van der Waals surface area contributed by atoms with E-state index in [1.54, 1.807) is 0 Å². The van der Waals surface area contributed by atoms with Gasteiger partial charge in [-0.15, -0.1) is 0 Å². The molecule has 4 nitrogen and oxygen atoms in total. The average Bonchev–Trinajstić information content (AvgIpc) is 2.38. The maximum atomic E-state index is 12.5. The zero-order chi connectivity index (χ0) is 15.6. The highest BCUT2D eigenvalue weighted by molar-refractivity contribution is 5.69. The maximum Gasteiger partial charge on any atom is 0.410 e. The van der Waals surface area contributed by atoms with Crippen LogP contribution in [0.1, 0.15) is 44.9 Å². The fourth-order valence-electron chi connectivity index (χ4n) is 2.52. The molecule has 21 heavy (non-hydrogen) atoms. The molecule has 0 bridgehead atoms. The van der Waals surface area contributed by atoms with Gasteiger partial charge in [0.25, 0.3) is 0 Å². The minimum absolute atomic E-state index is 0.0247. The number of aryl methyl sites for hydroxylation is 1. The summed E-state index contributed by atoms with van der Waals surface area (Å²) >= 11 is 0. The van der Waals surface area contributed by atoms with Gasteiger partial charge in [-0.05, 0) is 40.2 Å². The predicted octanol–water partition coefficient (Wildman–Crippen LogP) is 3.26. The summed E-state index contributed by atoms with van der Waals surface area (Å²) in [5, 5.41) is 3.44. The molecule has 1 aromatic rings. The predicted molar refractivity (Wildman–Crippen MR) is 84.3 cm³/mol. The first kappa shape index (κ1) is 15.8. The molecule has 1 aliphatic rings. The second kappa shape index (κ2) is 6.06. The van der Waals surface area contributed by atoms with Gasteiger partial charge >= 0.3 is 6.09 Å². The number of nitrogens with one attached hydrogen (secondary N) is 1. The van der Waals surface area contributed by atoms with Crippen molar-refractivity contribution in [1.82, 2.24) is 10.2 Å². The summed E-state index contributed by atoms with van der Waals surface area (Å²) in [6.45, 7) is 11.3. The fraction of sp³-hybridized carbons (Fsp3) is 0.588. The van der Waals surface area contributed by atoms with Crippen molar-refractivity contribution in [3.05, 3.63) is 35.4 Å². The Labute approximate surface area is 127 Å². The fourth-order valence-corrected chi connectivity index (χ4v) is 2.52. The van der Waals surface area contributed by atoms with E-state index in [-0.39, 0.29) is 18.2 Å². The number of amides is 1. The molecule has 0 radical (unpaired) electrons. The molecule has 2 rings (SSSR count). The number of rotatable bonds is 1. The molecule has 4 heteroatoms. The lowest BCUT2D eigenvalue weighted by Gasteiger charge is -2.40. The highest BCUT2D eigenvalue weighted by Crippen LogP contribution is 2.26. The summed E-state index contributed by atoms with van der Waals surface area (Å²) in [6, 6.07) is 8.65. The van der Waals surface area contributed by atoms with Crippen molar-refractivity contribution in [2.24, 2.45) is 0 Å². The minimum Gasteiger partial charge on any atom is -0.444 e. The van der Waals surface area contributed by atoms with E-state index in [9.17, 15) is 4.79 Å². The molecule has 0 saturated carbocycles. The third kappa shape index (κ3) is 4.21. The van der Waals surface area contributed by atoms with Crippen LogP contribution in [0.15, 0.2) is 24.3 Å². The van der Waals surface area contributed by atoms with Crippen LogP contribution >= 0.6 is 0 Å². The van der Waals surface area contributed by atoms with Crippen molar-refractivity contribution in [2.45, 2.75) is 52.3 Å². The van der Waals surface area contributed by atoms with Gasteiger partial charge in [-0.25, -0.2) is 4.79 Å². The van der Waals surface area contributed by atoms with Crippen molar-refractivity contribution in [3.63, 3.8) is 0 Å². The molecule has 1 amide bonds. The van der Waals surface area contributed by atoms with Crippen molar-refractivity contribution < 1.29 is 9.53 Å². The van der Waals surface area contributed by atoms with Gasteiger partial charge in [0.05, 0.1) is 6.04 Å². The van der Waals surface area contributed by atoms with Crippen molar-refractivity contribution in [1.29, 1.82) is 0 Å². The van der Waals surface area contributed by atoms with E-state index in [0.29, 0.717) is 6.54 Å². The summed E-state index contributed by atoms with van der Waals surface area (Å²) in [5.41, 5.74) is 1.90. The highest BCUT2D eigenvalue weighted by atomic mass is 16.6. The first-order valence-electron chi connectivity index (χ1n) is 7.56. The maximum absolute atomic E-state index is 12.5. The molecule has 2 atom stereocenters. The second-order valence-electron chi connectivity index (χ2n) is 6.87. The van der Waals surface area contributed by atoms with E-state index >= 15 is 0 Å². The molecule has 1 fully saturated rings. The van der Waals surface area contributed by atoms with E-state index < -0.39 is 5.60 Å². The Hall–Kier alpha value is -1.55. The van der Waals surface area contributed by atoms with E-state index in [2.05, 4.69) is 43.4 Å². The van der Waals surface area contributed by atoms with Crippen molar-refractivity contribution in [2.75, 3.05) is 13.1 Å². The van der Waals surface area contributed by atoms with Crippen LogP contribution in [0.3, 0.4) is 0 Å². The molecule has 1 N–H and O–H groups in total. The largest absolute Gasteiger partial charge is 0.444 e. The molecule has 1 saturated heterocycles. The first-order valence-corrected chi connectivity index (χ1v) is 7.56. The normalized spacial score (nSPS) is 23.0. The summed E-state index contributed by atoms with van der Waals surface area (Å²) in [6.07, 6.45) is -0.235. The van der Waals surface area contributed by atoms with Crippen LogP contribution in [0.25, 0.3) is 0 Å². The number of nitrogens with zero attached hydrogens (tertiary/aromatic N) is 1. The Balaban J connectivity index is 2.21. The Bertz CT molecular complexity index is 491. The molecule has 0 unspecified atom stereocenters. The van der Waals surface area contributed by atoms with E-state index in [4.69, 9.17) is 4.74 Å². The Morgan fingerprint density at radius 2 is 1.90 bits per heavy atom. The van der Waals surface area contributed by atoms with Crippen LogP contribution in [0, 0.1) is 6.92 Å². The van der Waals surface area contributed by atoms with Gasteiger partial charge in [-0.2, -0.15) is 0 Å². The topological polar surface area (TPSA) is 41.6 Å². The molecule has 0 aliphatic carbocycles. The first-order chi connectivity index (χ1) is 9.76. The Morgan fingerprint density at radius 3 is 2.48 bits per heavy atom. The number of carbonyl (C=O) groups is 1. The summed E-state index contributed by atoms with van der Waals surface area (Å²) in [4.78, 5) is 14.3. The van der Waals surface area contributed by atoms with Crippen LogP contribution in [0.2, 0.25) is 0 Å². The number of carbonyl (C=O) groups excluding carboxylic acids is 1. The number of hydrogen-bond donors (Lipinski definition) is 1. The molecular formula is C17H26N2O2. The molecular weight excluding hydrogens is 264 g/mol. The van der Waals surface area contributed by atoms with Gasteiger partial charge in [0, 0.05) is 19.1 Å².